The number of aryl methyl sites for hydroxylation is 4. The first-order valence-electron chi connectivity index (χ1n) is 8.37. The van der Waals surface area contributed by atoms with Gasteiger partial charge in [0.05, 0.1) is 5.39 Å². The number of fused-ring (bicyclic) bond motifs is 1. The number of Topliss-reactive ketones (excluding diaryl/α,β-unsaturated/α-hetero) is 1. The molecular formula is C20H22N2O2S. The summed E-state index contributed by atoms with van der Waals surface area (Å²) in [6.45, 7) is 9.94. The Balaban J connectivity index is 2.27. The quantitative estimate of drug-likeness (QED) is 0.700. The van der Waals surface area contributed by atoms with Gasteiger partial charge in [0.15, 0.2) is 0 Å². The number of carbonyl (C=O) groups is 1. The van der Waals surface area contributed by atoms with Crippen LogP contribution >= 0.6 is 11.3 Å². The fraction of sp³-hybridized carbons (Fsp3) is 0.350. The highest BCUT2D eigenvalue weighted by molar-refractivity contribution is 7.19. The predicted octanol–water partition coefficient (Wildman–Crippen LogP) is 4.34. The van der Waals surface area contributed by atoms with Gasteiger partial charge in [-0.05, 0) is 51.3 Å². The molecule has 0 amide bonds. The minimum atomic E-state index is -0.0543. The zero-order chi connectivity index (χ0) is 18.3. The van der Waals surface area contributed by atoms with E-state index in [2.05, 4.69) is 37.0 Å². The van der Waals surface area contributed by atoms with Crippen LogP contribution in [0, 0.1) is 27.7 Å². The number of ketones is 1. The van der Waals surface area contributed by atoms with Gasteiger partial charge in [-0.2, -0.15) is 0 Å². The highest BCUT2D eigenvalue weighted by Gasteiger charge is 2.19. The molecule has 0 bridgehead atoms. The van der Waals surface area contributed by atoms with E-state index in [9.17, 15) is 9.59 Å². The van der Waals surface area contributed by atoms with Crippen molar-refractivity contribution < 1.29 is 4.79 Å². The van der Waals surface area contributed by atoms with Gasteiger partial charge < -0.3 is 0 Å². The standard InChI is InChI=1S/C20H22N2O2S/c1-11-6-7-16(10-12(11)2)17-14(4)25-19-18(17)20(24)22(15(5)21-19)9-8-13(3)23/h6-7,10H,8-9H2,1-5H3. The van der Waals surface area contributed by atoms with Crippen molar-refractivity contribution >= 4 is 27.3 Å². The van der Waals surface area contributed by atoms with Crippen molar-refractivity contribution in [2.24, 2.45) is 0 Å². The lowest BCUT2D eigenvalue weighted by atomic mass is 9.99. The first kappa shape index (κ1) is 17.5. The Morgan fingerprint density at radius 3 is 2.52 bits per heavy atom. The highest BCUT2D eigenvalue weighted by atomic mass is 32.1. The molecule has 5 heteroatoms. The van der Waals surface area contributed by atoms with Crippen molar-refractivity contribution in [1.82, 2.24) is 9.55 Å². The zero-order valence-electron chi connectivity index (χ0n) is 15.3. The number of thiophene rings is 1. The van der Waals surface area contributed by atoms with Crippen LogP contribution in [-0.2, 0) is 11.3 Å². The summed E-state index contributed by atoms with van der Waals surface area (Å²) in [6.07, 6.45) is 0.343. The number of aromatic nitrogens is 2. The van der Waals surface area contributed by atoms with Crippen LogP contribution < -0.4 is 5.56 Å². The van der Waals surface area contributed by atoms with E-state index >= 15 is 0 Å². The largest absolute Gasteiger partial charge is 0.300 e. The average Bonchev–Trinajstić information content (AvgIpc) is 2.85. The van der Waals surface area contributed by atoms with Crippen molar-refractivity contribution in [3.05, 3.63) is 50.4 Å². The van der Waals surface area contributed by atoms with E-state index in [1.165, 1.54) is 11.1 Å². The summed E-state index contributed by atoms with van der Waals surface area (Å²) < 4.78 is 1.63. The van der Waals surface area contributed by atoms with E-state index in [-0.39, 0.29) is 11.3 Å². The molecule has 0 saturated heterocycles. The molecule has 0 aliphatic carbocycles. The second kappa shape index (κ2) is 6.56. The molecule has 0 atom stereocenters. The van der Waals surface area contributed by atoms with Gasteiger partial charge in [-0.15, -0.1) is 11.3 Å². The molecule has 4 nitrogen and oxygen atoms in total. The maximum Gasteiger partial charge on any atom is 0.262 e. The Kier molecular flexibility index (Phi) is 4.60. The van der Waals surface area contributed by atoms with Crippen LogP contribution in [0.3, 0.4) is 0 Å². The molecule has 25 heavy (non-hydrogen) atoms. The summed E-state index contributed by atoms with van der Waals surface area (Å²) in [5.41, 5.74) is 4.40. The molecule has 0 N–H and O–H groups in total. The summed E-state index contributed by atoms with van der Waals surface area (Å²) in [6, 6.07) is 6.28. The fourth-order valence-corrected chi connectivity index (χ4v) is 4.15. The summed E-state index contributed by atoms with van der Waals surface area (Å²) in [5, 5.41) is 0.667. The lowest BCUT2D eigenvalue weighted by Crippen LogP contribution is -2.24. The van der Waals surface area contributed by atoms with Crippen LogP contribution in [0.2, 0.25) is 0 Å². The predicted molar refractivity (Wildman–Crippen MR) is 104 cm³/mol. The first-order valence-corrected chi connectivity index (χ1v) is 9.19. The molecule has 2 heterocycles. The van der Waals surface area contributed by atoms with Crippen LogP contribution in [0.15, 0.2) is 23.0 Å². The summed E-state index contributed by atoms with van der Waals surface area (Å²) >= 11 is 1.55. The van der Waals surface area contributed by atoms with Gasteiger partial charge in [0.1, 0.15) is 16.4 Å². The lowest BCUT2D eigenvalue weighted by molar-refractivity contribution is -0.117. The van der Waals surface area contributed by atoms with Gasteiger partial charge in [0.25, 0.3) is 5.56 Å². The lowest BCUT2D eigenvalue weighted by Gasteiger charge is -2.10. The maximum atomic E-state index is 13.1. The number of rotatable bonds is 4. The third-order valence-electron chi connectivity index (χ3n) is 4.66. The zero-order valence-corrected chi connectivity index (χ0v) is 16.1. The van der Waals surface area contributed by atoms with Crippen LogP contribution in [0.1, 0.15) is 35.2 Å². The van der Waals surface area contributed by atoms with Gasteiger partial charge in [-0.1, -0.05) is 18.2 Å². The molecule has 0 fully saturated rings. The third kappa shape index (κ3) is 3.16. The van der Waals surface area contributed by atoms with Crippen LogP contribution in [0.4, 0.5) is 0 Å². The molecule has 0 radical (unpaired) electrons. The summed E-state index contributed by atoms with van der Waals surface area (Å²) in [7, 11) is 0. The highest BCUT2D eigenvalue weighted by Crippen LogP contribution is 2.36. The van der Waals surface area contributed by atoms with Crippen molar-refractivity contribution in [2.45, 2.75) is 47.6 Å². The average molecular weight is 354 g/mol. The maximum absolute atomic E-state index is 13.1. The molecule has 130 valence electrons. The van der Waals surface area contributed by atoms with Gasteiger partial charge >= 0.3 is 0 Å². The van der Waals surface area contributed by atoms with Gasteiger partial charge in [0.2, 0.25) is 0 Å². The minimum absolute atomic E-state index is 0.0543. The SMILES string of the molecule is CC(=O)CCn1c(C)nc2sc(C)c(-c3ccc(C)c(C)c3)c2c1=O. The minimum Gasteiger partial charge on any atom is -0.300 e. The smallest absolute Gasteiger partial charge is 0.262 e. The van der Waals surface area contributed by atoms with E-state index in [1.807, 2.05) is 13.8 Å². The molecular weight excluding hydrogens is 332 g/mol. The van der Waals surface area contributed by atoms with Gasteiger partial charge in [0, 0.05) is 23.4 Å². The second-order valence-corrected chi connectivity index (χ2v) is 7.78. The number of hydrogen-bond acceptors (Lipinski definition) is 4. The Morgan fingerprint density at radius 2 is 1.88 bits per heavy atom. The van der Waals surface area contributed by atoms with Crippen LogP contribution in [0.25, 0.3) is 21.3 Å². The van der Waals surface area contributed by atoms with E-state index in [0.29, 0.717) is 24.2 Å². The van der Waals surface area contributed by atoms with Crippen molar-refractivity contribution in [3.63, 3.8) is 0 Å². The molecule has 0 saturated carbocycles. The molecule has 2 aromatic heterocycles. The van der Waals surface area contributed by atoms with E-state index in [4.69, 9.17) is 0 Å². The van der Waals surface area contributed by atoms with Crippen molar-refractivity contribution in [1.29, 1.82) is 0 Å². The Labute approximate surface area is 151 Å². The van der Waals surface area contributed by atoms with E-state index in [0.717, 1.165) is 20.8 Å². The topological polar surface area (TPSA) is 52.0 Å². The van der Waals surface area contributed by atoms with Gasteiger partial charge in [-0.25, -0.2) is 4.98 Å². The second-order valence-electron chi connectivity index (χ2n) is 6.58. The Morgan fingerprint density at radius 1 is 1.16 bits per heavy atom. The van der Waals surface area contributed by atoms with Crippen molar-refractivity contribution in [3.8, 4) is 11.1 Å². The normalized spacial score (nSPS) is 11.2. The number of hydrogen-bond donors (Lipinski definition) is 0. The first-order chi connectivity index (χ1) is 11.8. The molecule has 0 aliphatic heterocycles. The number of benzene rings is 1. The van der Waals surface area contributed by atoms with Gasteiger partial charge in [-0.3, -0.25) is 14.2 Å². The third-order valence-corrected chi connectivity index (χ3v) is 5.66. The number of nitrogens with zero attached hydrogens (tertiary/aromatic N) is 2. The Bertz CT molecular complexity index is 1040. The molecule has 3 aromatic rings. The molecule has 3 rings (SSSR count). The summed E-state index contributed by atoms with van der Waals surface area (Å²) in [4.78, 5) is 31.0. The van der Waals surface area contributed by atoms with E-state index < -0.39 is 0 Å². The molecule has 0 aliphatic rings. The summed E-state index contributed by atoms with van der Waals surface area (Å²) in [5.74, 6) is 0.730. The fourth-order valence-electron chi connectivity index (χ4n) is 3.07. The molecule has 0 spiro atoms. The molecule has 1 aromatic carbocycles. The molecule has 0 unspecified atom stereocenters. The van der Waals surface area contributed by atoms with Crippen LogP contribution in [-0.4, -0.2) is 15.3 Å². The van der Waals surface area contributed by atoms with Crippen LogP contribution in [0.5, 0.6) is 0 Å². The Hall–Kier alpha value is -2.27. The monoisotopic (exact) mass is 354 g/mol. The number of carbonyl (C=O) groups excluding carboxylic acids is 1. The van der Waals surface area contributed by atoms with E-state index in [1.54, 1.807) is 22.8 Å². The van der Waals surface area contributed by atoms with Crippen molar-refractivity contribution in [2.75, 3.05) is 0 Å².